The zero-order chi connectivity index (χ0) is 13.9. The summed E-state index contributed by atoms with van der Waals surface area (Å²) in [4.78, 5) is 3.74. The van der Waals surface area contributed by atoms with Crippen LogP contribution in [0.25, 0.3) is 0 Å². The molecule has 1 rings (SSSR count). The molecule has 18 heavy (non-hydrogen) atoms. The van der Waals surface area contributed by atoms with Crippen molar-refractivity contribution in [1.29, 1.82) is 0 Å². The van der Waals surface area contributed by atoms with Crippen LogP contribution in [0.5, 0.6) is 0 Å². The van der Waals surface area contributed by atoms with Gasteiger partial charge < -0.3 is 11.1 Å². The van der Waals surface area contributed by atoms with E-state index < -0.39 is 11.7 Å². The van der Waals surface area contributed by atoms with E-state index in [0.29, 0.717) is 0 Å². The second kappa shape index (κ2) is 5.88. The average molecular weight is 326 g/mol. The fourth-order valence-corrected chi connectivity index (χ4v) is 1.58. The largest absolute Gasteiger partial charge is 0.419 e. The molecule has 0 fully saturated rings. The van der Waals surface area contributed by atoms with Crippen LogP contribution < -0.4 is 11.1 Å². The first kappa shape index (κ1) is 15.2. The van der Waals surface area contributed by atoms with Gasteiger partial charge in [0.05, 0.1) is 5.56 Å². The van der Waals surface area contributed by atoms with Crippen LogP contribution in [-0.2, 0) is 6.18 Å². The zero-order valence-corrected chi connectivity index (χ0v) is 11.6. The van der Waals surface area contributed by atoms with Gasteiger partial charge in [0.25, 0.3) is 0 Å². The van der Waals surface area contributed by atoms with Gasteiger partial charge in [-0.2, -0.15) is 13.2 Å². The molecule has 1 atom stereocenters. The number of nitrogens with one attached hydrogen (secondary N) is 1. The van der Waals surface area contributed by atoms with Crippen molar-refractivity contribution in [2.75, 3.05) is 11.9 Å². The number of aromatic nitrogens is 1. The fourth-order valence-electron chi connectivity index (χ4n) is 1.25. The average Bonchev–Trinajstić information content (AvgIpc) is 2.25. The van der Waals surface area contributed by atoms with Gasteiger partial charge in [-0.25, -0.2) is 4.98 Å². The van der Waals surface area contributed by atoms with Crippen molar-refractivity contribution in [2.24, 2.45) is 11.7 Å². The second-order valence-electron chi connectivity index (χ2n) is 4.34. The van der Waals surface area contributed by atoms with Crippen LogP contribution in [0, 0.1) is 5.92 Å². The molecule has 0 radical (unpaired) electrons. The van der Waals surface area contributed by atoms with Crippen molar-refractivity contribution >= 4 is 21.7 Å². The summed E-state index contributed by atoms with van der Waals surface area (Å²) in [5, 5.41) is 2.65. The molecular weight excluding hydrogens is 311 g/mol. The molecule has 7 heteroatoms. The normalized spacial score (nSPS) is 13.8. The summed E-state index contributed by atoms with van der Waals surface area (Å²) in [6.07, 6.45) is -3.13. The summed E-state index contributed by atoms with van der Waals surface area (Å²) in [6.45, 7) is 4.06. The van der Waals surface area contributed by atoms with Gasteiger partial charge in [-0.15, -0.1) is 0 Å². The Bertz CT molecular complexity index is 407. The van der Waals surface area contributed by atoms with E-state index in [9.17, 15) is 13.2 Å². The Kier molecular flexibility index (Phi) is 4.98. The van der Waals surface area contributed by atoms with Crippen LogP contribution in [0.1, 0.15) is 19.4 Å². The zero-order valence-electron chi connectivity index (χ0n) is 10.1. The minimum Gasteiger partial charge on any atom is -0.368 e. The van der Waals surface area contributed by atoms with E-state index in [1.807, 2.05) is 13.8 Å². The van der Waals surface area contributed by atoms with Crippen LogP contribution >= 0.6 is 15.9 Å². The van der Waals surface area contributed by atoms with Gasteiger partial charge in [0, 0.05) is 23.3 Å². The molecule has 1 aromatic rings. The van der Waals surface area contributed by atoms with E-state index in [1.54, 1.807) is 0 Å². The van der Waals surface area contributed by atoms with Crippen molar-refractivity contribution in [3.63, 3.8) is 0 Å². The van der Waals surface area contributed by atoms with Crippen LogP contribution in [0.4, 0.5) is 19.0 Å². The fraction of sp³-hybridized carbons (Fsp3) is 0.545. The van der Waals surface area contributed by atoms with Crippen LogP contribution in [0.3, 0.4) is 0 Å². The lowest BCUT2D eigenvalue weighted by Crippen LogP contribution is -2.34. The Hall–Kier alpha value is -0.820. The summed E-state index contributed by atoms with van der Waals surface area (Å²) >= 11 is 2.98. The first-order chi connectivity index (χ1) is 8.21. The molecule has 0 spiro atoms. The van der Waals surface area contributed by atoms with Crippen molar-refractivity contribution in [3.05, 3.63) is 22.3 Å². The molecule has 1 heterocycles. The number of nitrogens with two attached hydrogens (primary N) is 1. The van der Waals surface area contributed by atoms with Gasteiger partial charge in [0.2, 0.25) is 0 Å². The molecule has 0 saturated heterocycles. The summed E-state index contributed by atoms with van der Waals surface area (Å²) in [5.74, 6) is -0.0101. The van der Waals surface area contributed by atoms with Gasteiger partial charge in [0.1, 0.15) is 5.82 Å². The highest BCUT2D eigenvalue weighted by Crippen LogP contribution is 2.35. The maximum Gasteiger partial charge on any atom is 0.419 e. The number of alkyl halides is 3. The molecule has 0 saturated carbocycles. The third-order valence-electron chi connectivity index (χ3n) is 2.52. The predicted molar refractivity (Wildman–Crippen MR) is 68.2 cm³/mol. The monoisotopic (exact) mass is 325 g/mol. The molecule has 3 nitrogen and oxygen atoms in total. The number of hydrogen-bond acceptors (Lipinski definition) is 3. The third kappa shape index (κ3) is 4.13. The van der Waals surface area contributed by atoms with Crippen molar-refractivity contribution in [2.45, 2.75) is 26.1 Å². The Morgan fingerprint density at radius 3 is 2.56 bits per heavy atom. The Balaban J connectivity index is 2.89. The van der Waals surface area contributed by atoms with Gasteiger partial charge in [-0.05, 0) is 27.9 Å². The number of rotatable bonds is 4. The summed E-state index contributed by atoms with van der Waals surface area (Å²) in [5.41, 5.74) is 4.97. The van der Waals surface area contributed by atoms with Crippen molar-refractivity contribution in [1.82, 2.24) is 4.98 Å². The number of halogens is 4. The van der Waals surface area contributed by atoms with Gasteiger partial charge >= 0.3 is 6.18 Å². The standard InChI is InChI=1S/C11H15BrF3N3/c1-6(2)9(16)5-18-10-8(11(13,14)15)3-7(12)4-17-10/h3-4,6,9H,5,16H2,1-2H3,(H,17,18). The highest BCUT2D eigenvalue weighted by molar-refractivity contribution is 9.10. The van der Waals surface area contributed by atoms with Gasteiger partial charge in [-0.1, -0.05) is 13.8 Å². The molecule has 0 aliphatic rings. The minimum absolute atomic E-state index is 0.183. The topological polar surface area (TPSA) is 50.9 Å². The van der Waals surface area contributed by atoms with E-state index in [1.165, 1.54) is 6.20 Å². The Morgan fingerprint density at radius 1 is 1.44 bits per heavy atom. The number of anilines is 1. The Labute approximate surface area is 112 Å². The third-order valence-corrected chi connectivity index (χ3v) is 2.95. The summed E-state index contributed by atoms with van der Waals surface area (Å²) < 4.78 is 38.6. The molecule has 0 amide bonds. The molecule has 1 aromatic heterocycles. The highest BCUT2D eigenvalue weighted by Gasteiger charge is 2.34. The molecular formula is C11H15BrF3N3. The lowest BCUT2D eigenvalue weighted by molar-refractivity contribution is -0.137. The van der Waals surface area contributed by atoms with Gasteiger partial charge in [-0.3, -0.25) is 0 Å². The summed E-state index contributed by atoms with van der Waals surface area (Å²) in [6, 6.07) is 0.771. The van der Waals surface area contributed by atoms with Crippen LogP contribution in [-0.4, -0.2) is 17.6 Å². The van der Waals surface area contributed by atoms with Crippen LogP contribution in [0.2, 0.25) is 0 Å². The smallest absolute Gasteiger partial charge is 0.368 e. The maximum absolute atomic E-state index is 12.8. The molecule has 0 aliphatic carbocycles. The van der Waals surface area contributed by atoms with Crippen LogP contribution in [0.15, 0.2) is 16.7 Å². The maximum atomic E-state index is 12.8. The molecule has 3 N–H and O–H groups in total. The highest BCUT2D eigenvalue weighted by atomic mass is 79.9. The molecule has 102 valence electrons. The number of nitrogens with zero attached hydrogens (tertiary/aromatic N) is 1. The van der Waals surface area contributed by atoms with Crippen molar-refractivity contribution < 1.29 is 13.2 Å². The predicted octanol–water partition coefficient (Wildman–Crippen LogP) is 3.26. The molecule has 1 unspecified atom stereocenters. The minimum atomic E-state index is -4.44. The summed E-state index contributed by atoms with van der Waals surface area (Å²) in [7, 11) is 0. The first-order valence-corrected chi connectivity index (χ1v) is 6.23. The van der Waals surface area contributed by atoms with E-state index >= 15 is 0 Å². The lowest BCUT2D eigenvalue weighted by Gasteiger charge is -2.19. The van der Waals surface area contributed by atoms with E-state index in [2.05, 4.69) is 26.2 Å². The van der Waals surface area contributed by atoms with E-state index in [-0.39, 0.29) is 28.8 Å². The SMILES string of the molecule is CC(C)C(N)CNc1ncc(Br)cc1C(F)(F)F. The first-order valence-electron chi connectivity index (χ1n) is 5.44. The van der Waals surface area contributed by atoms with Gasteiger partial charge in [0.15, 0.2) is 0 Å². The lowest BCUT2D eigenvalue weighted by atomic mass is 10.1. The Morgan fingerprint density at radius 2 is 2.06 bits per heavy atom. The number of pyridine rings is 1. The second-order valence-corrected chi connectivity index (χ2v) is 5.25. The van der Waals surface area contributed by atoms with E-state index in [0.717, 1.165) is 6.07 Å². The quantitative estimate of drug-likeness (QED) is 0.893. The van der Waals surface area contributed by atoms with E-state index in [4.69, 9.17) is 5.73 Å². The molecule has 0 aliphatic heterocycles. The van der Waals surface area contributed by atoms with Crippen molar-refractivity contribution in [3.8, 4) is 0 Å². The molecule has 0 bridgehead atoms. The molecule has 0 aromatic carbocycles. The number of hydrogen-bond donors (Lipinski definition) is 2.